The molecular weight excluding hydrogens is 250 g/mol. The van der Waals surface area contributed by atoms with Crippen LogP contribution in [0.3, 0.4) is 0 Å². The molecule has 1 fully saturated rings. The maximum absolute atomic E-state index is 10.8. The second-order valence-electron chi connectivity index (χ2n) is 4.48. The van der Waals surface area contributed by atoms with Crippen molar-refractivity contribution < 1.29 is 9.66 Å². The van der Waals surface area contributed by atoms with Gasteiger partial charge in [-0.2, -0.15) is 0 Å². The van der Waals surface area contributed by atoms with Gasteiger partial charge in [-0.25, -0.2) is 10.8 Å². The lowest BCUT2D eigenvalue weighted by Gasteiger charge is -2.20. The van der Waals surface area contributed by atoms with Gasteiger partial charge >= 0.3 is 0 Å². The van der Waals surface area contributed by atoms with Crippen LogP contribution in [-0.4, -0.2) is 28.7 Å². The van der Waals surface area contributed by atoms with E-state index >= 15 is 0 Å². The predicted molar refractivity (Wildman–Crippen MR) is 70.8 cm³/mol. The molecule has 2 heterocycles. The van der Waals surface area contributed by atoms with Gasteiger partial charge in [0.15, 0.2) is 0 Å². The van der Waals surface area contributed by atoms with Crippen LogP contribution in [0.15, 0.2) is 12.1 Å². The fourth-order valence-electron chi connectivity index (χ4n) is 2.09. The normalized spacial score (nSPS) is 20.0. The zero-order chi connectivity index (χ0) is 13.8. The number of hydrogen-bond acceptors (Lipinski definition) is 7. The molecule has 2 atom stereocenters. The van der Waals surface area contributed by atoms with Crippen molar-refractivity contribution in [1.29, 1.82) is 0 Å². The Kier molecular flexibility index (Phi) is 4.13. The molecule has 1 aromatic heterocycles. The number of nitro groups is 1. The molecule has 2 rings (SSSR count). The molecule has 0 spiro atoms. The van der Waals surface area contributed by atoms with E-state index in [1.165, 1.54) is 12.1 Å². The number of nitrogens with zero attached hydrogens (tertiary/aromatic N) is 2. The molecular formula is C11H17N5O3. The second kappa shape index (κ2) is 5.81. The standard InChI is InChI=1S/C11H17N5O3/c1-7(9-3-2-4-19-9)13-10-5-8(16(17)18)6-11(14-10)15-12/h5-7,9H,2-4,12H2,1H3,(H2,13,14,15). The van der Waals surface area contributed by atoms with Crippen LogP contribution in [0.1, 0.15) is 19.8 Å². The SMILES string of the molecule is CC(Nc1cc([N+](=O)[O-])cc(NN)n1)C1CCCO1. The predicted octanol–water partition coefficient (Wildman–Crippen LogP) is 1.25. The zero-order valence-electron chi connectivity index (χ0n) is 10.6. The third-order valence-corrected chi connectivity index (χ3v) is 3.07. The van der Waals surface area contributed by atoms with E-state index in [1.54, 1.807) is 0 Å². The van der Waals surface area contributed by atoms with Crippen molar-refractivity contribution in [3.8, 4) is 0 Å². The van der Waals surface area contributed by atoms with Gasteiger partial charge in [-0.05, 0) is 19.8 Å². The summed E-state index contributed by atoms with van der Waals surface area (Å²) in [5.74, 6) is 5.91. The van der Waals surface area contributed by atoms with Crippen LogP contribution in [-0.2, 0) is 4.74 Å². The van der Waals surface area contributed by atoms with Crippen molar-refractivity contribution in [3.05, 3.63) is 22.2 Å². The minimum absolute atomic E-state index is 0.0302. The lowest BCUT2D eigenvalue weighted by Crippen LogP contribution is -2.30. The van der Waals surface area contributed by atoms with E-state index in [0.29, 0.717) is 5.82 Å². The number of pyridine rings is 1. The Morgan fingerprint density at radius 3 is 2.89 bits per heavy atom. The Morgan fingerprint density at radius 2 is 2.32 bits per heavy atom. The molecule has 0 bridgehead atoms. The first-order chi connectivity index (χ1) is 9.10. The van der Waals surface area contributed by atoms with Crippen molar-refractivity contribution >= 4 is 17.3 Å². The molecule has 1 aliphatic rings. The van der Waals surface area contributed by atoms with Crippen LogP contribution in [0.2, 0.25) is 0 Å². The number of hydrogen-bond donors (Lipinski definition) is 3. The minimum Gasteiger partial charge on any atom is -0.376 e. The molecule has 0 aromatic carbocycles. The van der Waals surface area contributed by atoms with Crippen molar-refractivity contribution in [2.24, 2.45) is 5.84 Å². The Hall–Kier alpha value is -1.93. The average molecular weight is 267 g/mol. The largest absolute Gasteiger partial charge is 0.376 e. The Balaban J connectivity index is 2.14. The lowest BCUT2D eigenvalue weighted by atomic mass is 10.1. The highest BCUT2D eigenvalue weighted by Crippen LogP contribution is 2.23. The average Bonchev–Trinajstić information content (AvgIpc) is 2.92. The van der Waals surface area contributed by atoms with Gasteiger partial charge in [0.25, 0.3) is 5.69 Å². The first-order valence-corrected chi connectivity index (χ1v) is 6.11. The number of nitrogens with one attached hydrogen (secondary N) is 2. The summed E-state index contributed by atoms with van der Waals surface area (Å²) in [7, 11) is 0. The Bertz CT molecular complexity index is 462. The first-order valence-electron chi connectivity index (χ1n) is 6.11. The molecule has 8 nitrogen and oxygen atoms in total. The fourth-order valence-corrected chi connectivity index (χ4v) is 2.09. The smallest absolute Gasteiger partial charge is 0.276 e. The summed E-state index contributed by atoms with van der Waals surface area (Å²) in [5.41, 5.74) is 2.25. The van der Waals surface area contributed by atoms with E-state index in [-0.39, 0.29) is 23.7 Å². The van der Waals surface area contributed by atoms with Crippen molar-refractivity contribution in [1.82, 2.24) is 4.98 Å². The molecule has 0 amide bonds. The minimum atomic E-state index is -0.482. The summed E-state index contributed by atoms with van der Waals surface area (Å²) >= 11 is 0. The van der Waals surface area contributed by atoms with Crippen LogP contribution < -0.4 is 16.6 Å². The molecule has 2 unspecified atom stereocenters. The summed E-state index contributed by atoms with van der Waals surface area (Å²) < 4.78 is 5.56. The Morgan fingerprint density at radius 1 is 1.58 bits per heavy atom. The molecule has 4 N–H and O–H groups in total. The first kappa shape index (κ1) is 13.5. The summed E-state index contributed by atoms with van der Waals surface area (Å²) in [5, 5.41) is 13.9. The molecule has 0 saturated carbocycles. The number of anilines is 2. The van der Waals surface area contributed by atoms with E-state index in [2.05, 4.69) is 15.7 Å². The number of nitrogens with two attached hydrogens (primary N) is 1. The highest BCUT2D eigenvalue weighted by molar-refractivity contribution is 5.54. The van der Waals surface area contributed by atoms with Gasteiger partial charge in [0, 0.05) is 6.61 Å². The van der Waals surface area contributed by atoms with E-state index < -0.39 is 4.92 Å². The molecule has 0 aliphatic carbocycles. The molecule has 1 aromatic rings. The summed E-state index contributed by atoms with van der Waals surface area (Å²) in [6.45, 7) is 2.72. The summed E-state index contributed by atoms with van der Waals surface area (Å²) in [4.78, 5) is 14.5. The summed E-state index contributed by atoms with van der Waals surface area (Å²) in [6.07, 6.45) is 2.12. The summed E-state index contributed by atoms with van der Waals surface area (Å²) in [6, 6.07) is 2.69. The number of hydrazine groups is 1. The van der Waals surface area contributed by atoms with Gasteiger partial charge in [0.1, 0.15) is 11.6 Å². The van der Waals surface area contributed by atoms with Crippen LogP contribution in [0.25, 0.3) is 0 Å². The van der Waals surface area contributed by atoms with Crippen molar-refractivity contribution in [3.63, 3.8) is 0 Å². The monoisotopic (exact) mass is 267 g/mol. The van der Waals surface area contributed by atoms with Gasteiger partial charge in [-0.1, -0.05) is 0 Å². The van der Waals surface area contributed by atoms with Crippen molar-refractivity contribution in [2.75, 3.05) is 17.3 Å². The number of rotatable bonds is 5. The fraction of sp³-hybridized carbons (Fsp3) is 0.545. The van der Waals surface area contributed by atoms with Gasteiger partial charge in [0.05, 0.1) is 29.2 Å². The number of ether oxygens (including phenoxy) is 1. The maximum atomic E-state index is 10.8. The van der Waals surface area contributed by atoms with E-state index in [9.17, 15) is 10.1 Å². The van der Waals surface area contributed by atoms with Gasteiger partial charge in [-0.3, -0.25) is 10.1 Å². The topological polar surface area (TPSA) is 115 Å². The highest BCUT2D eigenvalue weighted by Gasteiger charge is 2.23. The van der Waals surface area contributed by atoms with E-state index in [4.69, 9.17) is 10.6 Å². The molecule has 19 heavy (non-hydrogen) atoms. The second-order valence-corrected chi connectivity index (χ2v) is 4.48. The van der Waals surface area contributed by atoms with Crippen molar-refractivity contribution in [2.45, 2.75) is 31.9 Å². The van der Waals surface area contributed by atoms with Gasteiger partial charge < -0.3 is 15.5 Å². The lowest BCUT2D eigenvalue weighted by molar-refractivity contribution is -0.384. The molecule has 0 radical (unpaired) electrons. The molecule has 8 heteroatoms. The van der Waals surface area contributed by atoms with Gasteiger partial charge in [-0.15, -0.1) is 0 Å². The van der Waals surface area contributed by atoms with Crippen LogP contribution in [0.5, 0.6) is 0 Å². The molecule has 104 valence electrons. The quantitative estimate of drug-likeness (QED) is 0.417. The van der Waals surface area contributed by atoms with Crippen LogP contribution in [0, 0.1) is 10.1 Å². The molecule has 1 saturated heterocycles. The van der Waals surface area contributed by atoms with E-state index in [0.717, 1.165) is 19.4 Å². The maximum Gasteiger partial charge on any atom is 0.276 e. The highest BCUT2D eigenvalue weighted by atomic mass is 16.6. The Labute approximate surface area is 110 Å². The number of nitrogen functional groups attached to an aromatic ring is 1. The van der Waals surface area contributed by atoms with Crippen LogP contribution in [0.4, 0.5) is 17.3 Å². The van der Waals surface area contributed by atoms with Gasteiger partial charge in [0.2, 0.25) is 0 Å². The van der Waals surface area contributed by atoms with E-state index in [1.807, 2.05) is 6.92 Å². The molecule has 1 aliphatic heterocycles. The zero-order valence-corrected chi connectivity index (χ0v) is 10.6. The third kappa shape index (κ3) is 3.30. The third-order valence-electron chi connectivity index (χ3n) is 3.07. The van der Waals surface area contributed by atoms with Crippen LogP contribution >= 0.6 is 0 Å². The number of aromatic nitrogens is 1.